The molecule has 2 aliphatic rings. The minimum Gasteiger partial charge on any atom is -0.494 e. The highest BCUT2D eigenvalue weighted by Gasteiger charge is 2.34. The van der Waals surface area contributed by atoms with Gasteiger partial charge in [0.05, 0.1) is 53.2 Å². The number of nitrogens with zero attached hydrogens (tertiary/aromatic N) is 5. The van der Waals surface area contributed by atoms with Gasteiger partial charge in [0.1, 0.15) is 11.6 Å². The minimum absolute atomic E-state index is 0.0383. The van der Waals surface area contributed by atoms with Crippen LogP contribution >= 0.6 is 0 Å². The van der Waals surface area contributed by atoms with Crippen LogP contribution in [-0.4, -0.2) is 52.9 Å². The maximum Gasteiger partial charge on any atom is 0.254 e. The van der Waals surface area contributed by atoms with Crippen LogP contribution in [0.15, 0.2) is 30.9 Å². The second-order valence-corrected chi connectivity index (χ2v) is 8.43. The molecule has 0 spiro atoms. The van der Waals surface area contributed by atoms with Gasteiger partial charge in [-0.1, -0.05) is 0 Å². The van der Waals surface area contributed by atoms with E-state index in [4.69, 9.17) is 8.85 Å². The Labute approximate surface area is 206 Å². The van der Waals surface area contributed by atoms with Crippen molar-refractivity contribution < 1.29 is 18.4 Å². The zero-order valence-corrected chi connectivity index (χ0v) is 19.4. The summed E-state index contributed by atoms with van der Waals surface area (Å²) in [5.41, 5.74) is 2.89. The number of aromatic nitrogens is 4. The molecule has 35 heavy (non-hydrogen) atoms. The van der Waals surface area contributed by atoms with Crippen LogP contribution in [0.2, 0.25) is 0 Å². The first-order valence-electron chi connectivity index (χ1n) is 12.6. The van der Waals surface area contributed by atoms with Crippen LogP contribution < -0.4 is 25.6 Å². The van der Waals surface area contributed by atoms with E-state index in [0.29, 0.717) is 28.5 Å². The first-order chi connectivity index (χ1) is 18.1. The third-order valence-electron chi connectivity index (χ3n) is 6.25. The molecule has 180 valence electrons. The molecule has 4 heterocycles. The van der Waals surface area contributed by atoms with Gasteiger partial charge in [0.2, 0.25) is 5.91 Å². The smallest absolute Gasteiger partial charge is 0.254 e. The molecule has 0 saturated heterocycles. The molecule has 1 aliphatic carbocycles. The fourth-order valence-electron chi connectivity index (χ4n) is 4.10. The summed E-state index contributed by atoms with van der Waals surface area (Å²) in [6, 6.07) is 1.32. The van der Waals surface area contributed by atoms with Crippen molar-refractivity contribution in [2.75, 3.05) is 36.7 Å². The van der Waals surface area contributed by atoms with E-state index in [9.17, 15) is 9.59 Å². The van der Waals surface area contributed by atoms with Crippen LogP contribution in [0.25, 0.3) is 11.3 Å². The van der Waals surface area contributed by atoms with Gasteiger partial charge in [0.25, 0.3) is 5.91 Å². The van der Waals surface area contributed by atoms with Crippen molar-refractivity contribution in [3.8, 4) is 17.0 Å². The molecule has 1 atom stereocenters. The van der Waals surface area contributed by atoms with E-state index in [1.807, 2.05) is 24.2 Å². The second-order valence-electron chi connectivity index (χ2n) is 8.43. The quantitative estimate of drug-likeness (QED) is 0.490. The molecule has 5 rings (SSSR count). The molecule has 11 nitrogen and oxygen atoms in total. The van der Waals surface area contributed by atoms with Crippen molar-refractivity contribution in [2.24, 2.45) is 5.92 Å². The van der Waals surface area contributed by atoms with Crippen LogP contribution in [0, 0.1) is 5.92 Å². The van der Waals surface area contributed by atoms with Crippen molar-refractivity contribution in [3.05, 3.63) is 42.1 Å². The lowest BCUT2D eigenvalue weighted by Gasteiger charge is -2.35. The predicted octanol–water partition coefficient (Wildman–Crippen LogP) is 2.90. The number of pyridine rings is 2. The third kappa shape index (κ3) is 3.98. The molecule has 1 saturated carbocycles. The number of carbonyl (C=O) groups is 2. The van der Waals surface area contributed by atoms with Gasteiger partial charge in [-0.15, -0.1) is 0 Å². The van der Waals surface area contributed by atoms with E-state index in [0.717, 1.165) is 18.5 Å². The van der Waals surface area contributed by atoms with Gasteiger partial charge in [0.15, 0.2) is 5.82 Å². The molecule has 11 heteroatoms. The molecule has 0 unspecified atom stereocenters. The molecule has 1 fully saturated rings. The molecular weight excluding hydrogens is 448 g/mol. The molecule has 0 bridgehead atoms. The Morgan fingerprint density at radius 1 is 1.17 bits per heavy atom. The molecule has 3 N–H and O–H groups in total. The number of hydrogen-bond donors (Lipinski definition) is 3. The molecule has 0 aromatic carbocycles. The summed E-state index contributed by atoms with van der Waals surface area (Å²) in [4.78, 5) is 45.0. The topological polar surface area (TPSA) is 134 Å². The van der Waals surface area contributed by atoms with Gasteiger partial charge in [-0.25, -0.2) is 9.97 Å². The summed E-state index contributed by atoms with van der Waals surface area (Å²) in [6.45, 7) is -0.727. The van der Waals surface area contributed by atoms with Crippen LogP contribution in [0.3, 0.4) is 0 Å². The van der Waals surface area contributed by atoms with Crippen molar-refractivity contribution >= 4 is 34.8 Å². The molecule has 3 aromatic rings. The van der Waals surface area contributed by atoms with Gasteiger partial charge in [-0.05, 0) is 19.8 Å². The Balaban J connectivity index is 1.61. The number of amides is 2. The van der Waals surface area contributed by atoms with Gasteiger partial charge in [-0.3, -0.25) is 19.6 Å². The number of hydrogen-bond acceptors (Lipinski definition) is 9. The van der Waals surface area contributed by atoms with Gasteiger partial charge < -0.3 is 25.6 Å². The third-order valence-corrected chi connectivity index (χ3v) is 6.25. The van der Waals surface area contributed by atoms with E-state index in [2.05, 4.69) is 30.6 Å². The largest absolute Gasteiger partial charge is 0.494 e. The summed E-state index contributed by atoms with van der Waals surface area (Å²) < 4.78 is 27.9. The maximum absolute atomic E-state index is 12.9. The number of anilines is 4. The van der Waals surface area contributed by atoms with Gasteiger partial charge >= 0.3 is 0 Å². The lowest BCUT2D eigenvalue weighted by Crippen LogP contribution is -2.29. The summed E-state index contributed by atoms with van der Waals surface area (Å²) in [5.74, 6) is -0.0145. The first kappa shape index (κ1) is 19.1. The highest BCUT2D eigenvalue weighted by Crippen LogP contribution is 2.49. The summed E-state index contributed by atoms with van der Waals surface area (Å²) >= 11 is 0. The van der Waals surface area contributed by atoms with Crippen molar-refractivity contribution in [1.29, 1.82) is 0 Å². The molecule has 3 aromatic heterocycles. The SMILES string of the molecule is [2H]C([2H])([2H])NC(=O)c1cnc(NC(=O)C2CC2)cc1Nc1ncc(OC)c2c1N(C)[C@H](C)c1nccnc1-2. The Kier molecular flexibility index (Phi) is 4.81. The van der Waals surface area contributed by atoms with Crippen LogP contribution in [0.4, 0.5) is 23.0 Å². The average Bonchev–Trinajstić information content (AvgIpc) is 3.72. The average molecular weight is 478 g/mol. The van der Waals surface area contributed by atoms with E-state index in [-0.39, 0.29) is 34.9 Å². The van der Waals surface area contributed by atoms with Crippen molar-refractivity contribution in [1.82, 2.24) is 25.3 Å². The standard InChI is InChI=1S/C24H26N8O3/c1-12-19-20(27-8-7-26-19)18-16(35-4)11-29-22(21(18)32(12)3)30-15-9-17(31-23(33)13-5-6-13)28-10-14(15)24(34)25-2/h7-13H,5-6H2,1-4H3,(H,25,34)(H2,28,29,30,31,33)/t12-/m1/s1/i2D3. The first-order valence-corrected chi connectivity index (χ1v) is 11.1. The number of ether oxygens (including phenoxy) is 1. The Bertz CT molecular complexity index is 1430. The fraction of sp³-hybridized carbons (Fsp3) is 0.333. The van der Waals surface area contributed by atoms with E-state index in [1.54, 1.807) is 12.4 Å². The van der Waals surface area contributed by atoms with E-state index in [1.165, 1.54) is 25.6 Å². The van der Waals surface area contributed by atoms with Crippen molar-refractivity contribution in [2.45, 2.75) is 25.8 Å². The van der Waals surface area contributed by atoms with Crippen LogP contribution in [0.5, 0.6) is 5.75 Å². The normalized spacial score (nSPS) is 17.7. The highest BCUT2D eigenvalue weighted by molar-refractivity contribution is 6.02. The van der Waals surface area contributed by atoms with Crippen LogP contribution in [0.1, 0.15) is 46.0 Å². The number of rotatable bonds is 6. The van der Waals surface area contributed by atoms with E-state index >= 15 is 0 Å². The summed E-state index contributed by atoms with van der Waals surface area (Å²) in [5, 5.41) is 7.90. The maximum atomic E-state index is 12.9. The zero-order chi connectivity index (χ0) is 27.2. The second kappa shape index (κ2) is 8.82. The highest BCUT2D eigenvalue weighted by atomic mass is 16.5. The fourth-order valence-corrected chi connectivity index (χ4v) is 4.10. The molecule has 2 amide bonds. The Morgan fingerprint density at radius 2 is 1.97 bits per heavy atom. The molecular formula is C24H26N8O3. The number of nitrogens with one attached hydrogen (secondary N) is 3. The zero-order valence-electron chi connectivity index (χ0n) is 22.4. The Hall–Kier alpha value is -4.28. The van der Waals surface area contributed by atoms with E-state index < -0.39 is 12.9 Å². The minimum atomic E-state index is -2.71. The summed E-state index contributed by atoms with van der Waals surface area (Å²) in [6.07, 6.45) is 7.60. The monoisotopic (exact) mass is 477 g/mol. The molecule has 0 radical (unpaired) electrons. The summed E-state index contributed by atoms with van der Waals surface area (Å²) in [7, 11) is 3.41. The number of carbonyl (C=O) groups excluding carboxylic acids is 2. The van der Waals surface area contributed by atoms with Crippen LogP contribution in [-0.2, 0) is 4.79 Å². The lowest BCUT2D eigenvalue weighted by atomic mass is 9.97. The van der Waals surface area contributed by atoms with Gasteiger partial charge in [-0.2, -0.15) is 0 Å². The van der Waals surface area contributed by atoms with Crippen molar-refractivity contribution in [3.63, 3.8) is 0 Å². The predicted molar refractivity (Wildman–Crippen MR) is 131 cm³/mol. The Morgan fingerprint density at radius 3 is 2.71 bits per heavy atom. The lowest BCUT2D eigenvalue weighted by molar-refractivity contribution is -0.117. The number of fused-ring (bicyclic) bond motifs is 3. The molecule has 1 aliphatic heterocycles. The number of methoxy groups -OCH3 is 1. The van der Waals surface area contributed by atoms with Gasteiger partial charge in [0, 0.05) is 48.7 Å².